The zero-order chi connectivity index (χ0) is 23.2. The number of aryl methyl sites for hydroxylation is 1. The van der Waals surface area contributed by atoms with Crippen molar-refractivity contribution in [2.24, 2.45) is 4.99 Å². The summed E-state index contributed by atoms with van der Waals surface area (Å²) in [6.07, 6.45) is 1.78. The molecule has 4 rings (SSSR count). The lowest BCUT2D eigenvalue weighted by atomic mass is 10.2. The average Bonchev–Trinajstić information content (AvgIpc) is 3.12. The smallest absolute Gasteiger partial charge is 0.264 e. The van der Waals surface area contributed by atoms with Crippen molar-refractivity contribution in [3.05, 3.63) is 93.3 Å². The summed E-state index contributed by atoms with van der Waals surface area (Å²) in [4.78, 5) is 29.5. The van der Waals surface area contributed by atoms with Crippen LogP contribution >= 0.6 is 27.7 Å². The molecule has 3 aromatic carbocycles. The molecule has 1 aliphatic heterocycles. The summed E-state index contributed by atoms with van der Waals surface area (Å²) in [6.45, 7) is 1.84. The highest BCUT2D eigenvalue weighted by atomic mass is 79.9. The summed E-state index contributed by atoms with van der Waals surface area (Å²) in [5.41, 5.74) is 3.38. The van der Waals surface area contributed by atoms with Gasteiger partial charge < -0.3 is 15.4 Å². The highest BCUT2D eigenvalue weighted by Gasteiger charge is 2.23. The number of amides is 2. The number of nitrogens with one attached hydrogen (secondary N) is 2. The Morgan fingerprint density at radius 1 is 1.12 bits per heavy atom. The van der Waals surface area contributed by atoms with Gasteiger partial charge >= 0.3 is 0 Å². The molecule has 6 nitrogen and oxygen atoms in total. The van der Waals surface area contributed by atoms with Crippen molar-refractivity contribution < 1.29 is 14.3 Å². The molecule has 0 unspecified atom stereocenters. The molecular weight excluding hydrogens is 502 g/mol. The number of halogens is 1. The van der Waals surface area contributed by atoms with E-state index in [-0.39, 0.29) is 18.4 Å². The standard InChI is InChI=1S/C25H20BrN3O3S/c1-16-6-5-9-19(12-16)27-23(30)15-32-21-11-10-17(13-20(21)26)14-22-24(31)29-25(33-22)28-18-7-3-2-4-8-18/h2-14H,15H2,1H3,(H,27,30)(H,28,29,31)/b22-14-. The van der Waals surface area contributed by atoms with Crippen molar-refractivity contribution in [3.8, 4) is 5.75 Å². The van der Waals surface area contributed by atoms with E-state index in [2.05, 4.69) is 31.6 Å². The number of benzene rings is 3. The van der Waals surface area contributed by atoms with E-state index in [1.165, 1.54) is 11.8 Å². The normalized spacial score (nSPS) is 15.5. The number of anilines is 1. The largest absolute Gasteiger partial charge is 0.483 e. The Balaban J connectivity index is 1.38. The van der Waals surface area contributed by atoms with Crippen LogP contribution in [0.3, 0.4) is 0 Å². The Bertz CT molecular complexity index is 1260. The number of hydrogen-bond acceptors (Lipinski definition) is 5. The van der Waals surface area contributed by atoms with Gasteiger partial charge in [0.05, 0.1) is 15.1 Å². The Morgan fingerprint density at radius 2 is 1.94 bits per heavy atom. The molecule has 0 spiro atoms. The van der Waals surface area contributed by atoms with E-state index in [1.54, 1.807) is 12.1 Å². The number of hydrogen-bond donors (Lipinski definition) is 2. The van der Waals surface area contributed by atoms with Crippen LogP contribution in [0.1, 0.15) is 11.1 Å². The summed E-state index contributed by atoms with van der Waals surface area (Å²) in [5, 5.41) is 6.13. The second-order valence-corrected chi connectivity index (χ2v) is 9.10. The Morgan fingerprint density at radius 3 is 2.70 bits per heavy atom. The Labute approximate surface area is 204 Å². The minimum Gasteiger partial charge on any atom is -0.483 e. The number of thioether (sulfide) groups is 1. The Kier molecular flexibility index (Phi) is 7.26. The van der Waals surface area contributed by atoms with E-state index >= 15 is 0 Å². The van der Waals surface area contributed by atoms with Crippen molar-refractivity contribution in [1.82, 2.24) is 5.32 Å². The maximum Gasteiger partial charge on any atom is 0.264 e. The van der Waals surface area contributed by atoms with E-state index in [1.807, 2.05) is 73.7 Å². The summed E-state index contributed by atoms with van der Waals surface area (Å²) in [6, 6.07) is 22.4. The molecule has 33 heavy (non-hydrogen) atoms. The third-order valence-corrected chi connectivity index (χ3v) is 6.08. The van der Waals surface area contributed by atoms with Crippen molar-refractivity contribution in [2.75, 3.05) is 11.9 Å². The highest BCUT2D eigenvalue weighted by Crippen LogP contribution is 2.31. The third kappa shape index (κ3) is 6.34. The van der Waals surface area contributed by atoms with E-state index < -0.39 is 0 Å². The predicted molar refractivity (Wildman–Crippen MR) is 137 cm³/mol. The van der Waals surface area contributed by atoms with Gasteiger partial charge in [-0.3, -0.25) is 9.59 Å². The van der Waals surface area contributed by atoms with Crippen LogP contribution in [0.2, 0.25) is 0 Å². The van der Waals surface area contributed by atoms with E-state index in [4.69, 9.17) is 4.74 Å². The number of carbonyl (C=O) groups excluding carboxylic acids is 2. The fourth-order valence-electron chi connectivity index (χ4n) is 3.04. The molecule has 2 N–H and O–H groups in total. The lowest BCUT2D eigenvalue weighted by Crippen LogP contribution is -2.20. The first-order valence-corrected chi connectivity index (χ1v) is 11.7. The van der Waals surface area contributed by atoms with Gasteiger partial charge in [-0.1, -0.05) is 36.4 Å². The zero-order valence-corrected chi connectivity index (χ0v) is 20.1. The SMILES string of the molecule is Cc1cccc(NC(=O)COc2ccc(/C=C3\SC(=Nc4ccccc4)NC3=O)cc2Br)c1. The molecule has 0 saturated carbocycles. The van der Waals surface area contributed by atoms with Gasteiger partial charge in [-0.25, -0.2) is 4.99 Å². The van der Waals surface area contributed by atoms with Gasteiger partial charge in [-0.2, -0.15) is 0 Å². The number of carbonyl (C=O) groups is 2. The molecule has 0 aliphatic carbocycles. The van der Waals surface area contributed by atoms with Crippen LogP contribution in [0.4, 0.5) is 11.4 Å². The Hall–Kier alpha value is -3.36. The van der Waals surface area contributed by atoms with Crippen LogP contribution < -0.4 is 15.4 Å². The molecule has 3 aromatic rings. The van der Waals surface area contributed by atoms with Crippen LogP contribution in [-0.2, 0) is 9.59 Å². The highest BCUT2D eigenvalue weighted by molar-refractivity contribution is 9.10. The molecule has 1 saturated heterocycles. The first kappa shape index (κ1) is 22.8. The molecule has 1 heterocycles. The van der Waals surface area contributed by atoms with Gasteiger partial charge in [0.2, 0.25) is 0 Å². The number of nitrogens with zero attached hydrogens (tertiary/aromatic N) is 1. The first-order chi connectivity index (χ1) is 16.0. The minimum atomic E-state index is -0.247. The minimum absolute atomic E-state index is 0.120. The van der Waals surface area contributed by atoms with Gasteiger partial charge in [0.25, 0.3) is 11.8 Å². The lowest BCUT2D eigenvalue weighted by molar-refractivity contribution is -0.118. The number of rotatable bonds is 6. The molecule has 1 fully saturated rings. The van der Waals surface area contributed by atoms with Gasteiger partial charge in [-0.15, -0.1) is 0 Å². The zero-order valence-electron chi connectivity index (χ0n) is 17.7. The van der Waals surface area contributed by atoms with Gasteiger partial charge in [0.1, 0.15) is 5.75 Å². The molecule has 0 aromatic heterocycles. The predicted octanol–water partition coefficient (Wildman–Crippen LogP) is 5.67. The lowest BCUT2D eigenvalue weighted by Gasteiger charge is -2.10. The summed E-state index contributed by atoms with van der Waals surface area (Å²) < 4.78 is 6.33. The summed E-state index contributed by atoms with van der Waals surface area (Å²) >= 11 is 4.76. The molecular formula is C25H20BrN3O3S. The molecule has 0 radical (unpaired) electrons. The van der Waals surface area contributed by atoms with Crippen LogP contribution in [0.25, 0.3) is 6.08 Å². The quantitative estimate of drug-likeness (QED) is 0.409. The fraction of sp³-hybridized carbons (Fsp3) is 0.0800. The van der Waals surface area contributed by atoms with Crippen molar-refractivity contribution in [1.29, 1.82) is 0 Å². The number of para-hydroxylation sites is 1. The van der Waals surface area contributed by atoms with Crippen LogP contribution in [0.5, 0.6) is 5.75 Å². The van der Waals surface area contributed by atoms with Crippen LogP contribution in [0, 0.1) is 6.92 Å². The van der Waals surface area contributed by atoms with Crippen LogP contribution in [-0.4, -0.2) is 23.6 Å². The summed E-state index contributed by atoms with van der Waals surface area (Å²) in [7, 11) is 0. The summed E-state index contributed by atoms with van der Waals surface area (Å²) in [5.74, 6) is 0.0910. The number of aliphatic imine (C=N–C) groups is 1. The van der Waals surface area contributed by atoms with Gasteiger partial charge in [-0.05, 0) is 88.2 Å². The number of ether oxygens (including phenoxy) is 1. The molecule has 8 heteroatoms. The van der Waals surface area contributed by atoms with Gasteiger partial charge in [0.15, 0.2) is 11.8 Å². The van der Waals surface area contributed by atoms with Gasteiger partial charge in [0, 0.05) is 5.69 Å². The molecule has 2 amide bonds. The molecule has 0 bridgehead atoms. The molecule has 0 atom stereocenters. The molecule has 166 valence electrons. The second-order valence-electron chi connectivity index (χ2n) is 7.21. The van der Waals surface area contributed by atoms with E-state index in [9.17, 15) is 9.59 Å². The number of amidine groups is 1. The monoisotopic (exact) mass is 521 g/mol. The molecule has 1 aliphatic rings. The van der Waals surface area contributed by atoms with Crippen molar-refractivity contribution in [2.45, 2.75) is 6.92 Å². The average molecular weight is 522 g/mol. The van der Waals surface area contributed by atoms with E-state index in [0.29, 0.717) is 20.3 Å². The fourth-order valence-corrected chi connectivity index (χ4v) is 4.39. The van der Waals surface area contributed by atoms with Crippen molar-refractivity contribution >= 4 is 62.1 Å². The second kappa shape index (κ2) is 10.5. The maximum absolute atomic E-state index is 12.3. The van der Waals surface area contributed by atoms with E-state index in [0.717, 1.165) is 22.5 Å². The maximum atomic E-state index is 12.3. The topological polar surface area (TPSA) is 79.8 Å². The van der Waals surface area contributed by atoms with Crippen molar-refractivity contribution in [3.63, 3.8) is 0 Å². The third-order valence-electron chi connectivity index (χ3n) is 4.55. The first-order valence-electron chi connectivity index (χ1n) is 10.1. The van der Waals surface area contributed by atoms with Crippen LogP contribution in [0.15, 0.2) is 87.2 Å².